The first-order valence-electron chi connectivity index (χ1n) is 13.8. The van der Waals surface area contributed by atoms with Crippen molar-refractivity contribution < 1.29 is 61.7 Å². The van der Waals surface area contributed by atoms with E-state index in [1.807, 2.05) is 0 Å². The topological polar surface area (TPSA) is 185 Å². The molecule has 0 amide bonds. The van der Waals surface area contributed by atoms with Crippen molar-refractivity contribution in [2.75, 3.05) is 20.3 Å². The quantitative estimate of drug-likeness (QED) is 0.0762. The maximum atomic E-state index is 12.6. The van der Waals surface area contributed by atoms with Crippen LogP contribution in [0.1, 0.15) is 47.1 Å². The van der Waals surface area contributed by atoms with E-state index in [1.165, 1.54) is 12.1 Å². The minimum atomic E-state index is -2.16. The Balaban J connectivity index is 2.29. The summed E-state index contributed by atoms with van der Waals surface area (Å²) >= 11 is 0. The third-order valence-corrected chi connectivity index (χ3v) is 11.6. The molecular formula is C28H41NO14Si. The summed E-state index contributed by atoms with van der Waals surface area (Å²) in [5.74, 6) is -3.23. The summed E-state index contributed by atoms with van der Waals surface area (Å²) < 4.78 is 44.2. The normalized spacial score (nSPS) is 22.0. The predicted octanol–water partition coefficient (Wildman–Crippen LogP) is 3.21. The van der Waals surface area contributed by atoms with Gasteiger partial charge in [0, 0.05) is 32.4 Å². The number of nitrogens with zero attached hydrogens (tertiary/aromatic N) is 1. The molecule has 1 fully saturated rings. The van der Waals surface area contributed by atoms with E-state index in [-0.39, 0.29) is 36.3 Å². The zero-order chi connectivity index (χ0) is 33.4. The van der Waals surface area contributed by atoms with Crippen LogP contribution < -0.4 is 4.74 Å². The van der Waals surface area contributed by atoms with Gasteiger partial charge in [0.15, 0.2) is 39.0 Å². The van der Waals surface area contributed by atoms with Gasteiger partial charge in [0.25, 0.3) is 5.69 Å². The van der Waals surface area contributed by atoms with Gasteiger partial charge in [0.2, 0.25) is 0 Å². The zero-order valence-electron chi connectivity index (χ0n) is 26.4. The Hall–Kier alpha value is -3.60. The van der Waals surface area contributed by atoms with Gasteiger partial charge >= 0.3 is 23.9 Å². The molecule has 0 saturated carbocycles. The van der Waals surface area contributed by atoms with Gasteiger partial charge in [-0.05, 0) is 24.2 Å². The Bertz CT molecular complexity index is 1210. The molecule has 0 radical (unpaired) electrons. The third kappa shape index (κ3) is 9.97. The van der Waals surface area contributed by atoms with Crippen molar-refractivity contribution in [2.24, 2.45) is 0 Å². The van der Waals surface area contributed by atoms with Crippen LogP contribution in [0.5, 0.6) is 5.75 Å². The summed E-state index contributed by atoms with van der Waals surface area (Å²) in [6, 6.07) is 4.19. The fraction of sp³-hybridized carbons (Fsp3) is 0.643. The Morgan fingerprint density at radius 2 is 1.50 bits per heavy atom. The summed E-state index contributed by atoms with van der Waals surface area (Å²) in [6.07, 6.45) is -7.61. The number of ether oxygens (including phenoxy) is 7. The first-order chi connectivity index (χ1) is 20.4. The van der Waals surface area contributed by atoms with Crippen molar-refractivity contribution in [3.8, 4) is 5.75 Å². The van der Waals surface area contributed by atoms with E-state index in [2.05, 4.69) is 33.9 Å². The van der Waals surface area contributed by atoms with Crippen LogP contribution in [0.25, 0.3) is 0 Å². The van der Waals surface area contributed by atoms with Gasteiger partial charge in [0.05, 0.1) is 31.3 Å². The standard InChI is InChI=1S/C28H41NO14Si/c1-16(30)40-22-23(41-17(2)31)25(42-18(3)32)27(43-24(22)26(33)36-7)38-13-12-37-21-14-20(29(34)35)11-10-19(21)15-39-44(8,9)28(4,5)6/h10-11,14,22-25,27H,12-13,15H2,1-9H3/t22-,23-,24-,25+,27?/m0/s1. The highest BCUT2D eigenvalue weighted by Crippen LogP contribution is 2.38. The number of carbonyl (C=O) groups excluding carboxylic acids is 4. The number of hydrogen-bond acceptors (Lipinski definition) is 14. The van der Waals surface area contributed by atoms with E-state index in [1.54, 1.807) is 6.07 Å². The van der Waals surface area contributed by atoms with Crippen LogP contribution in [-0.4, -0.2) is 88.1 Å². The second kappa shape index (κ2) is 15.4. The predicted molar refractivity (Wildman–Crippen MR) is 154 cm³/mol. The van der Waals surface area contributed by atoms with Gasteiger partial charge in [0.1, 0.15) is 12.4 Å². The van der Waals surface area contributed by atoms with Gasteiger partial charge in [-0.2, -0.15) is 0 Å². The fourth-order valence-corrected chi connectivity index (χ4v) is 4.86. The largest absolute Gasteiger partial charge is 0.491 e. The highest BCUT2D eigenvalue weighted by atomic mass is 28.4. The lowest BCUT2D eigenvalue weighted by Gasteiger charge is -2.43. The van der Waals surface area contributed by atoms with Crippen molar-refractivity contribution in [1.82, 2.24) is 0 Å². The number of nitro groups is 1. The molecule has 16 heteroatoms. The van der Waals surface area contributed by atoms with Crippen LogP contribution >= 0.6 is 0 Å². The Morgan fingerprint density at radius 3 is 2.02 bits per heavy atom. The van der Waals surface area contributed by atoms with E-state index in [9.17, 15) is 29.3 Å². The number of benzene rings is 1. The average molecular weight is 644 g/mol. The second-order valence-electron chi connectivity index (χ2n) is 11.5. The average Bonchev–Trinajstić information content (AvgIpc) is 2.90. The molecule has 1 aromatic rings. The lowest BCUT2D eigenvalue weighted by atomic mass is 9.97. The molecule has 0 aromatic heterocycles. The minimum absolute atomic E-state index is 0.0679. The van der Waals surface area contributed by atoms with Gasteiger partial charge < -0.3 is 37.6 Å². The molecule has 1 aromatic carbocycles. The lowest BCUT2D eigenvalue weighted by molar-refractivity contribution is -0.385. The minimum Gasteiger partial charge on any atom is -0.491 e. The van der Waals surface area contributed by atoms with E-state index in [0.29, 0.717) is 5.56 Å². The molecule has 1 aliphatic rings. The Morgan fingerprint density at radius 1 is 0.932 bits per heavy atom. The molecule has 1 unspecified atom stereocenters. The molecular weight excluding hydrogens is 602 g/mol. The number of methoxy groups -OCH3 is 1. The van der Waals surface area contributed by atoms with Gasteiger partial charge in [-0.3, -0.25) is 24.5 Å². The van der Waals surface area contributed by atoms with Crippen LogP contribution in [0.2, 0.25) is 18.1 Å². The van der Waals surface area contributed by atoms with Crippen molar-refractivity contribution in [2.45, 2.75) is 97.0 Å². The number of hydrogen-bond donors (Lipinski definition) is 0. The third-order valence-electron chi connectivity index (χ3n) is 7.11. The molecule has 5 atom stereocenters. The van der Waals surface area contributed by atoms with Crippen LogP contribution in [-0.2, 0) is 58.6 Å². The summed E-state index contributed by atoms with van der Waals surface area (Å²) in [5, 5.41) is 11.4. The van der Waals surface area contributed by atoms with Crippen LogP contribution in [0.4, 0.5) is 5.69 Å². The van der Waals surface area contributed by atoms with Gasteiger partial charge in [-0.15, -0.1) is 0 Å². The monoisotopic (exact) mass is 643 g/mol. The van der Waals surface area contributed by atoms with E-state index < -0.39 is 67.8 Å². The molecule has 246 valence electrons. The van der Waals surface area contributed by atoms with Gasteiger partial charge in [-0.25, -0.2) is 4.79 Å². The Kier molecular flexibility index (Phi) is 12.8. The molecule has 1 saturated heterocycles. The van der Waals surface area contributed by atoms with Crippen molar-refractivity contribution in [1.29, 1.82) is 0 Å². The molecule has 1 heterocycles. The highest BCUT2D eigenvalue weighted by Gasteiger charge is 2.55. The molecule has 15 nitrogen and oxygen atoms in total. The molecule has 0 aliphatic carbocycles. The van der Waals surface area contributed by atoms with Crippen LogP contribution in [0, 0.1) is 10.1 Å². The van der Waals surface area contributed by atoms with Crippen molar-refractivity contribution in [3.63, 3.8) is 0 Å². The van der Waals surface area contributed by atoms with Gasteiger partial charge in [-0.1, -0.05) is 20.8 Å². The SMILES string of the molecule is COC(=O)[C@H]1OC(OCCOc2cc([N+](=O)[O-])ccc2CO[Si](C)(C)C(C)(C)C)[C@H](OC(C)=O)[C@@H](OC(C)=O)[C@@H]1OC(C)=O. The number of esters is 4. The van der Waals surface area contributed by atoms with Crippen molar-refractivity contribution in [3.05, 3.63) is 33.9 Å². The second-order valence-corrected chi connectivity index (χ2v) is 16.3. The lowest BCUT2D eigenvalue weighted by Crippen LogP contribution is -2.64. The first-order valence-corrected chi connectivity index (χ1v) is 16.7. The fourth-order valence-electron chi connectivity index (χ4n) is 3.91. The number of nitro benzene ring substituents is 1. The summed E-state index contributed by atoms with van der Waals surface area (Å²) in [7, 11) is -1.08. The molecule has 1 aliphatic heterocycles. The maximum Gasteiger partial charge on any atom is 0.339 e. The van der Waals surface area contributed by atoms with Crippen molar-refractivity contribution >= 4 is 37.9 Å². The molecule has 0 bridgehead atoms. The summed E-state index contributed by atoms with van der Waals surface area (Å²) in [4.78, 5) is 59.2. The highest BCUT2D eigenvalue weighted by molar-refractivity contribution is 6.74. The van der Waals surface area contributed by atoms with Crippen LogP contribution in [0.3, 0.4) is 0 Å². The van der Waals surface area contributed by atoms with E-state index in [0.717, 1.165) is 27.9 Å². The summed E-state index contributed by atoms with van der Waals surface area (Å²) in [6.45, 7) is 13.4. The Labute approximate surface area is 256 Å². The molecule has 44 heavy (non-hydrogen) atoms. The molecule has 0 spiro atoms. The smallest absolute Gasteiger partial charge is 0.339 e. The number of non-ortho nitro benzene ring substituents is 1. The molecule has 2 rings (SSSR count). The maximum absolute atomic E-state index is 12.6. The molecule has 0 N–H and O–H groups in total. The van der Waals surface area contributed by atoms with E-state index in [4.69, 9.17) is 37.6 Å². The van der Waals surface area contributed by atoms with Crippen LogP contribution in [0.15, 0.2) is 18.2 Å². The number of rotatable bonds is 13. The number of carbonyl (C=O) groups is 4. The first kappa shape index (κ1) is 36.6. The van der Waals surface area contributed by atoms with E-state index >= 15 is 0 Å². The zero-order valence-corrected chi connectivity index (χ0v) is 27.4. The summed E-state index contributed by atoms with van der Waals surface area (Å²) in [5.41, 5.74) is 0.390.